The number of hydrogen-bond donors (Lipinski definition) is 1. The smallest absolute Gasteiger partial charge is 0.326 e. The van der Waals surface area contributed by atoms with Gasteiger partial charge in [-0.15, -0.1) is 11.8 Å². The molecule has 1 atom stereocenters. The molecule has 1 saturated heterocycles. The Kier molecular flexibility index (Phi) is 4.38. The van der Waals surface area contributed by atoms with Gasteiger partial charge in [-0.3, -0.25) is 14.4 Å². The molecular formula is C16H16N2O4S. The third-order valence-electron chi connectivity index (χ3n) is 3.68. The Morgan fingerprint density at radius 2 is 2.17 bits per heavy atom. The highest BCUT2D eigenvalue weighted by molar-refractivity contribution is 8.00. The van der Waals surface area contributed by atoms with Crippen molar-refractivity contribution < 1.29 is 19.1 Å². The number of carbonyl (C=O) groups is 3. The molecule has 0 bridgehead atoms. The molecule has 7 heteroatoms. The number of fused-ring (bicyclic) bond motifs is 1. The summed E-state index contributed by atoms with van der Waals surface area (Å²) in [5.41, 5.74) is 1.35. The van der Waals surface area contributed by atoms with E-state index in [1.807, 2.05) is 24.3 Å². The lowest BCUT2D eigenvalue weighted by Gasteiger charge is -2.16. The van der Waals surface area contributed by atoms with E-state index in [4.69, 9.17) is 4.74 Å². The van der Waals surface area contributed by atoms with E-state index >= 15 is 0 Å². The van der Waals surface area contributed by atoms with Gasteiger partial charge >= 0.3 is 5.97 Å². The predicted octanol–water partition coefficient (Wildman–Crippen LogP) is 1.82. The van der Waals surface area contributed by atoms with Crippen LogP contribution in [0.3, 0.4) is 0 Å². The van der Waals surface area contributed by atoms with E-state index in [-0.39, 0.29) is 18.2 Å². The van der Waals surface area contributed by atoms with Crippen LogP contribution in [0.2, 0.25) is 0 Å². The molecule has 1 amide bonds. The molecular weight excluding hydrogens is 316 g/mol. The molecule has 3 rings (SSSR count). The zero-order chi connectivity index (χ0) is 16.4. The molecule has 23 heavy (non-hydrogen) atoms. The molecule has 1 aromatic heterocycles. The summed E-state index contributed by atoms with van der Waals surface area (Å²) in [6.07, 6.45) is 0.727. The van der Waals surface area contributed by atoms with Crippen LogP contribution in [0.4, 0.5) is 0 Å². The molecule has 1 fully saturated rings. The number of nitrogens with one attached hydrogen (secondary N) is 1. The van der Waals surface area contributed by atoms with Crippen molar-refractivity contribution in [3.05, 3.63) is 36.0 Å². The van der Waals surface area contributed by atoms with Gasteiger partial charge in [0.05, 0.1) is 11.6 Å². The van der Waals surface area contributed by atoms with Crippen molar-refractivity contribution in [3.63, 3.8) is 0 Å². The number of ether oxygens (including phenoxy) is 1. The van der Waals surface area contributed by atoms with Gasteiger partial charge in [-0.1, -0.05) is 18.2 Å². The van der Waals surface area contributed by atoms with Gasteiger partial charge in [-0.2, -0.15) is 0 Å². The third kappa shape index (κ3) is 3.24. The fourth-order valence-electron chi connectivity index (χ4n) is 2.48. The minimum Gasteiger partial charge on any atom is -0.453 e. The second kappa shape index (κ2) is 6.45. The van der Waals surface area contributed by atoms with Crippen molar-refractivity contribution in [2.24, 2.45) is 0 Å². The molecule has 6 nitrogen and oxygen atoms in total. The van der Waals surface area contributed by atoms with Crippen LogP contribution < -0.4 is 0 Å². The standard InChI is InChI=1S/C16H16N2O4S/c1-10(22-15(20)7-18-9-23-8-14(18)19)16(21)12-6-17-13-5-3-2-4-11(12)13/h2-6,10,17H,7-9H2,1H3. The Hall–Kier alpha value is -2.28. The van der Waals surface area contributed by atoms with E-state index in [2.05, 4.69) is 4.98 Å². The second-order valence-electron chi connectivity index (χ2n) is 5.31. The zero-order valence-corrected chi connectivity index (χ0v) is 13.4. The minimum atomic E-state index is -0.896. The predicted molar refractivity (Wildman–Crippen MR) is 87.2 cm³/mol. The topological polar surface area (TPSA) is 79.5 Å². The Balaban J connectivity index is 1.65. The largest absolute Gasteiger partial charge is 0.453 e. The Morgan fingerprint density at radius 1 is 1.39 bits per heavy atom. The van der Waals surface area contributed by atoms with Gasteiger partial charge in [0.1, 0.15) is 6.54 Å². The number of aromatic nitrogens is 1. The first-order valence-electron chi connectivity index (χ1n) is 7.21. The molecule has 0 spiro atoms. The molecule has 1 aliphatic heterocycles. The van der Waals surface area contributed by atoms with Crippen LogP contribution in [-0.4, -0.2) is 51.8 Å². The van der Waals surface area contributed by atoms with Crippen molar-refractivity contribution in [2.45, 2.75) is 13.0 Å². The first-order chi connectivity index (χ1) is 11.1. The lowest BCUT2D eigenvalue weighted by atomic mass is 10.1. The molecule has 0 aliphatic carbocycles. The second-order valence-corrected chi connectivity index (χ2v) is 6.27. The van der Waals surface area contributed by atoms with Gasteiger partial charge < -0.3 is 14.6 Å². The van der Waals surface area contributed by atoms with Crippen LogP contribution >= 0.6 is 11.8 Å². The Bertz CT molecular complexity index is 770. The quantitative estimate of drug-likeness (QED) is 0.667. The Labute approximate surface area is 137 Å². The van der Waals surface area contributed by atoms with E-state index in [0.29, 0.717) is 17.2 Å². The number of H-pyrrole nitrogens is 1. The van der Waals surface area contributed by atoms with E-state index in [1.165, 1.54) is 16.7 Å². The number of carbonyl (C=O) groups excluding carboxylic acids is 3. The molecule has 1 aromatic carbocycles. The van der Waals surface area contributed by atoms with Crippen LogP contribution in [0.25, 0.3) is 10.9 Å². The van der Waals surface area contributed by atoms with E-state index < -0.39 is 12.1 Å². The SMILES string of the molecule is CC(OC(=O)CN1CSCC1=O)C(=O)c1c[nH]c2ccccc12. The maximum absolute atomic E-state index is 12.5. The van der Waals surface area contributed by atoms with Gasteiger partial charge in [0.2, 0.25) is 11.7 Å². The normalized spacial score (nSPS) is 15.9. The van der Waals surface area contributed by atoms with E-state index in [9.17, 15) is 14.4 Å². The average molecular weight is 332 g/mol. The van der Waals surface area contributed by atoms with Gasteiger partial charge in [0, 0.05) is 22.7 Å². The lowest BCUT2D eigenvalue weighted by Crippen LogP contribution is -2.35. The number of nitrogens with zero attached hydrogens (tertiary/aromatic N) is 1. The summed E-state index contributed by atoms with van der Waals surface area (Å²) in [4.78, 5) is 40.3. The molecule has 1 aliphatic rings. The molecule has 1 N–H and O–H groups in total. The zero-order valence-electron chi connectivity index (χ0n) is 12.6. The van der Waals surface area contributed by atoms with Gasteiger partial charge in [0.25, 0.3) is 0 Å². The Morgan fingerprint density at radius 3 is 2.91 bits per heavy atom. The molecule has 0 saturated carbocycles. The maximum Gasteiger partial charge on any atom is 0.326 e. The number of benzene rings is 1. The van der Waals surface area contributed by atoms with Crippen molar-refractivity contribution >= 4 is 40.3 Å². The number of Topliss-reactive ketones (excluding diaryl/α,β-unsaturated/α-hetero) is 1. The summed E-state index contributed by atoms with van der Waals surface area (Å²) in [6.45, 7) is 1.43. The van der Waals surface area contributed by atoms with Crippen molar-refractivity contribution in [1.29, 1.82) is 0 Å². The summed E-state index contributed by atoms with van der Waals surface area (Å²) < 4.78 is 5.19. The summed E-state index contributed by atoms with van der Waals surface area (Å²) in [6, 6.07) is 7.44. The maximum atomic E-state index is 12.5. The highest BCUT2D eigenvalue weighted by Gasteiger charge is 2.26. The minimum absolute atomic E-state index is 0.0810. The number of ketones is 1. The fourth-order valence-corrected chi connectivity index (χ4v) is 3.38. The molecule has 2 aromatic rings. The van der Waals surface area contributed by atoms with Crippen molar-refractivity contribution in [2.75, 3.05) is 18.2 Å². The summed E-state index contributed by atoms with van der Waals surface area (Å²) in [5.74, 6) is -0.0439. The summed E-state index contributed by atoms with van der Waals surface area (Å²) in [7, 11) is 0. The van der Waals surface area contributed by atoms with Crippen LogP contribution in [0.5, 0.6) is 0 Å². The van der Waals surface area contributed by atoms with Crippen LogP contribution in [0.1, 0.15) is 17.3 Å². The van der Waals surface area contributed by atoms with Crippen molar-refractivity contribution in [3.8, 4) is 0 Å². The first-order valence-corrected chi connectivity index (χ1v) is 8.37. The van der Waals surface area contributed by atoms with Gasteiger partial charge in [-0.25, -0.2) is 0 Å². The highest BCUT2D eigenvalue weighted by atomic mass is 32.2. The summed E-state index contributed by atoms with van der Waals surface area (Å²) in [5, 5.41) is 0.798. The molecule has 2 heterocycles. The van der Waals surface area contributed by atoms with E-state index in [0.717, 1.165) is 10.9 Å². The van der Waals surface area contributed by atoms with Gasteiger partial charge in [0.15, 0.2) is 6.10 Å². The number of esters is 1. The number of rotatable bonds is 5. The van der Waals surface area contributed by atoms with Crippen LogP contribution in [0.15, 0.2) is 30.5 Å². The monoisotopic (exact) mass is 332 g/mol. The van der Waals surface area contributed by atoms with Crippen molar-refractivity contribution in [1.82, 2.24) is 9.88 Å². The molecule has 1 unspecified atom stereocenters. The highest BCUT2D eigenvalue weighted by Crippen LogP contribution is 2.20. The fraction of sp³-hybridized carbons (Fsp3) is 0.312. The van der Waals surface area contributed by atoms with Crippen LogP contribution in [0, 0.1) is 0 Å². The summed E-state index contributed by atoms with van der Waals surface area (Å²) >= 11 is 1.45. The average Bonchev–Trinajstić information content (AvgIpc) is 3.13. The third-order valence-corrected chi connectivity index (χ3v) is 4.62. The number of amides is 1. The number of hydrogen-bond acceptors (Lipinski definition) is 5. The molecule has 120 valence electrons. The number of aromatic amines is 1. The van der Waals surface area contributed by atoms with Crippen LogP contribution in [-0.2, 0) is 14.3 Å². The number of thioether (sulfide) groups is 1. The molecule has 0 radical (unpaired) electrons. The lowest BCUT2D eigenvalue weighted by molar-refractivity contribution is -0.150. The van der Waals surface area contributed by atoms with Gasteiger partial charge in [-0.05, 0) is 13.0 Å². The first kappa shape index (κ1) is 15.6. The van der Waals surface area contributed by atoms with E-state index in [1.54, 1.807) is 13.1 Å². The number of para-hydroxylation sites is 1.